The van der Waals surface area contributed by atoms with Crippen molar-refractivity contribution in [3.63, 3.8) is 0 Å². The van der Waals surface area contributed by atoms with E-state index in [0.29, 0.717) is 0 Å². The lowest BCUT2D eigenvalue weighted by Gasteiger charge is -2.18. The van der Waals surface area contributed by atoms with Crippen LogP contribution < -0.4 is 5.32 Å². The Morgan fingerprint density at radius 2 is 2.26 bits per heavy atom. The van der Waals surface area contributed by atoms with E-state index < -0.39 is 0 Å². The summed E-state index contributed by atoms with van der Waals surface area (Å²) in [4.78, 5) is 11.7. The third-order valence-electron chi connectivity index (χ3n) is 4.61. The fourth-order valence-corrected chi connectivity index (χ4v) is 5.35. The molecule has 1 aliphatic rings. The minimum Gasteiger partial charge on any atom is -0.340 e. The molecule has 0 saturated carbocycles. The SMILES string of the molecule is C[C@H]1CCc2c(sc3ncnc(Nc4ccc5[nH]sc5c4)c23)C1. The first-order valence-corrected chi connectivity index (χ1v) is 9.50. The smallest absolute Gasteiger partial charge is 0.142 e. The number of anilines is 2. The molecule has 0 unspecified atom stereocenters. The maximum absolute atomic E-state index is 4.53. The first-order chi connectivity index (χ1) is 11.3. The van der Waals surface area contributed by atoms with Crippen LogP contribution in [0.3, 0.4) is 0 Å². The van der Waals surface area contributed by atoms with Gasteiger partial charge < -0.3 is 9.69 Å². The normalized spacial score (nSPS) is 17.7. The molecule has 3 aromatic heterocycles. The van der Waals surface area contributed by atoms with Crippen molar-refractivity contribution in [2.45, 2.75) is 26.2 Å². The van der Waals surface area contributed by atoms with Gasteiger partial charge in [0.15, 0.2) is 0 Å². The van der Waals surface area contributed by atoms with Gasteiger partial charge in [0.25, 0.3) is 0 Å². The van der Waals surface area contributed by atoms with Gasteiger partial charge in [0.1, 0.15) is 17.0 Å². The highest BCUT2D eigenvalue weighted by molar-refractivity contribution is 7.19. The van der Waals surface area contributed by atoms with Gasteiger partial charge in [-0.1, -0.05) is 18.5 Å². The summed E-state index contributed by atoms with van der Waals surface area (Å²) in [6, 6.07) is 6.38. The van der Waals surface area contributed by atoms with Crippen LogP contribution in [0.15, 0.2) is 24.5 Å². The second-order valence-electron chi connectivity index (χ2n) is 6.29. The number of nitrogens with zero attached hydrogens (tertiary/aromatic N) is 2. The number of hydrogen-bond acceptors (Lipinski definition) is 5. The number of thiophene rings is 1. The summed E-state index contributed by atoms with van der Waals surface area (Å²) < 4.78 is 4.49. The summed E-state index contributed by atoms with van der Waals surface area (Å²) >= 11 is 3.50. The Balaban J connectivity index is 1.61. The predicted molar refractivity (Wildman–Crippen MR) is 98.1 cm³/mol. The fourth-order valence-electron chi connectivity index (χ4n) is 3.34. The number of H-pyrrole nitrogens is 1. The van der Waals surface area contributed by atoms with Crippen LogP contribution in [0.5, 0.6) is 0 Å². The maximum Gasteiger partial charge on any atom is 0.142 e. The molecule has 0 bridgehead atoms. The molecule has 0 amide bonds. The molecule has 0 spiro atoms. The molecule has 0 fully saturated rings. The van der Waals surface area contributed by atoms with Crippen LogP contribution in [0.2, 0.25) is 0 Å². The van der Waals surface area contributed by atoms with E-state index in [9.17, 15) is 0 Å². The Morgan fingerprint density at radius 1 is 1.30 bits per heavy atom. The van der Waals surface area contributed by atoms with Gasteiger partial charge >= 0.3 is 0 Å². The zero-order valence-electron chi connectivity index (χ0n) is 12.7. The molecule has 1 aromatic carbocycles. The van der Waals surface area contributed by atoms with Crippen molar-refractivity contribution >= 4 is 54.8 Å². The summed E-state index contributed by atoms with van der Waals surface area (Å²) in [6.07, 6.45) is 5.25. The largest absolute Gasteiger partial charge is 0.340 e. The highest BCUT2D eigenvalue weighted by Crippen LogP contribution is 2.40. The molecule has 4 nitrogen and oxygen atoms in total. The van der Waals surface area contributed by atoms with E-state index in [0.717, 1.165) is 28.7 Å². The van der Waals surface area contributed by atoms with E-state index in [2.05, 4.69) is 44.8 Å². The van der Waals surface area contributed by atoms with Crippen LogP contribution in [0, 0.1) is 5.92 Å². The summed E-state index contributed by atoms with van der Waals surface area (Å²) in [7, 11) is 0. The molecule has 1 atom stereocenters. The van der Waals surface area contributed by atoms with E-state index in [4.69, 9.17) is 0 Å². The van der Waals surface area contributed by atoms with Crippen molar-refractivity contribution in [1.82, 2.24) is 14.3 Å². The molecule has 0 aliphatic heterocycles. The predicted octanol–water partition coefficient (Wildman–Crippen LogP) is 5.10. The van der Waals surface area contributed by atoms with E-state index in [1.54, 1.807) is 17.9 Å². The average Bonchev–Trinajstić information content (AvgIpc) is 2.88. The van der Waals surface area contributed by atoms with Gasteiger partial charge in [-0.3, -0.25) is 0 Å². The van der Waals surface area contributed by atoms with Gasteiger partial charge in [0, 0.05) is 10.6 Å². The zero-order chi connectivity index (χ0) is 15.4. The highest BCUT2D eigenvalue weighted by atomic mass is 32.1. The molecule has 23 heavy (non-hydrogen) atoms. The van der Waals surface area contributed by atoms with Crippen LogP contribution in [0.1, 0.15) is 23.8 Å². The number of hydrogen-bond donors (Lipinski definition) is 2. The number of nitrogens with one attached hydrogen (secondary N) is 2. The van der Waals surface area contributed by atoms with E-state index in [-0.39, 0.29) is 0 Å². The number of aryl methyl sites for hydroxylation is 1. The van der Waals surface area contributed by atoms with Crippen molar-refractivity contribution in [2.24, 2.45) is 5.92 Å². The molecule has 3 heterocycles. The third kappa shape index (κ3) is 2.16. The van der Waals surface area contributed by atoms with Gasteiger partial charge in [-0.25, -0.2) is 9.97 Å². The Hall–Kier alpha value is -1.92. The number of fused-ring (bicyclic) bond motifs is 4. The van der Waals surface area contributed by atoms with Gasteiger partial charge in [-0.15, -0.1) is 11.3 Å². The van der Waals surface area contributed by atoms with E-state index >= 15 is 0 Å². The fraction of sp³-hybridized carbons (Fsp3) is 0.294. The molecule has 4 aromatic rings. The van der Waals surface area contributed by atoms with Crippen molar-refractivity contribution in [2.75, 3.05) is 5.32 Å². The zero-order valence-corrected chi connectivity index (χ0v) is 14.4. The van der Waals surface area contributed by atoms with Crippen LogP contribution in [-0.4, -0.2) is 14.3 Å². The van der Waals surface area contributed by atoms with Crippen molar-refractivity contribution in [3.8, 4) is 0 Å². The van der Waals surface area contributed by atoms with Gasteiger partial charge in [0.05, 0.1) is 15.6 Å². The second-order valence-corrected chi connectivity index (χ2v) is 8.23. The lowest BCUT2D eigenvalue weighted by atomic mass is 9.89. The molecule has 0 saturated heterocycles. The van der Waals surface area contributed by atoms with E-state index in [1.807, 2.05) is 11.3 Å². The molecular formula is C17H16N4S2. The molecule has 116 valence electrons. The highest BCUT2D eigenvalue weighted by Gasteiger charge is 2.23. The lowest BCUT2D eigenvalue weighted by Crippen LogP contribution is -2.09. The Bertz CT molecular complexity index is 1010. The quantitative estimate of drug-likeness (QED) is 0.533. The van der Waals surface area contributed by atoms with Crippen molar-refractivity contribution in [1.29, 1.82) is 0 Å². The monoisotopic (exact) mass is 340 g/mol. The number of benzene rings is 1. The van der Waals surface area contributed by atoms with E-state index in [1.165, 1.54) is 38.9 Å². The van der Waals surface area contributed by atoms with Crippen LogP contribution in [-0.2, 0) is 12.8 Å². The number of rotatable bonds is 2. The summed E-state index contributed by atoms with van der Waals surface area (Å²) in [6.45, 7) is 2.34. The van der Waals surface area contributed by atoms with Crippen molar-refractivity contribution in [3.05, 3.63) is 35.0 Å². The van der Waals surface area contributed by atoms with Crippen molar-refractivity contribution < 1.29 is 0 Å². The molecule has 2 N–H and O–H groups in total. The third-order valence-corrected chi connectivity index (χ3v) is 6.65. The van der Waals surface area contributed by atoms with Crippen LogP contribution in [0.4, 0.5) is 11.5 Å². The summed E-state index contributed by atoms with van der Waals surface area (Å²) in [5.74, 6) is 1.72. The van der Waals surface area contributed by atoms with Gasteiger partial charge in [-0.2, -0.15) is 0 Å². The Kier molecular flexibility index (Phi) is 2.96. The molecular weight excluding hydrogens is 324 g/mol. The standard InChI is InChI=1S/C17H16N4S2/c1-9-2-4-11-13(6-9)22-17-15(11)16(18-8-19-17)20-10-3-5-12-14(7-10)23-21-12/h3,5,7-9,21H,2,4,6H2,1H3,(H,18,19,20)/t9-/m0/s1. The van der Waals surface area contributed by atoms with Crippen LogP contribution >= 0.6 is 22.9 Å². The second kappa shape index (κ2) is 5.04. The summed E-state index contributed by atoms with van der Waals surface area (Å²) in [5.41, 5.74) is 3.75. The molecule has 6 heteroatoms. The van der Waals surface area contributed by atoms with Gasteiger partial charge in [0.2, 0.25) is 0 Å². The van der Waals surface area contributed by atoms with Crippen LogP contribution in [0.25, 0.3) is 20.4 Å². The molecule has 0 radical (unpaired) electrons. The number of aromatic amines is 1. The Morgan fingerprint density at radius 3 is 3.09 bits per heavy atom. The Labute approximate surface area is 141 Å². The first kappa shape index (κ1) is 13.5. The molecule has 5 rings (SSSR count). The lowest BCUT2D eigenvalue weighted by molar-refractivity contribution is 0.509. The molecule has 1 aliphatic carbocycles. The minimum atomic E-state index is 0.775. The van der Waals surface area contributed by atoms with Gasteiger partial charge in [-0.05, 0) is 48.9 Å². The minimum absolute atomic E-state index is 0.775. The first-order valence-electron chi connectivity index (χ1n) is 7.87. The average molecular weight is 340 g/mol. The maximum atomic E-state index is 4.53. The topological polar surface area (TPSA) is 53.6 Å². The summed E-state index contributed by atoms with van der Waals surface area (Å²) in [5, 5.41) is 4.74. The number of aromatic nitrogens is 3.